The maximum atomic E-state index is 13.2. The Hall–Kier alpha value is -1.01. The molecule has 120 valence electrons. The highest BCUT2D eigenvalue weighted by Crippen LogP contribution is 2.54. The van der Waals surface area contributed by atoms with Crippen molar-refractivity contribution in [2.45, 2.75) is 56.2 Å². The summed E-state index contributed by atoms with van der Waals surface area (Å²) in [6.45, 7) is 0. The van der Waals surface area contributed by atoms with Gasteiger partial charge in [0.15, 0.2) is 11.9 Å². The van der Waals surface area contributed by atoms with Crippen molar-refractivity contribution in [1.29, 1.82) is 0 Å². The number of benzene rings is 1. The van der Waals surface area contributed by atoms with Crippen LogP contribution in [0, 0.1) is 11.7 Å². The molecular formula is C17H21FO4. The van der Waals surface area contributed by atoms with Gasteiger partial charge in [-0.2, -0.15) is 4.89 Å². The van der Waals surface area contributed by atoms with E-state index in [0.717, 1.165) is 31.2 Å². The summed E-state index contributed by atoms with van der Waals surface area (Å²) in [4.78, 5) is 11.7. The quantitative estimate of drug-likeness (QED) is 0.782. The molecule has 1 aromatic carbocycles. The van der Waals surface area contributed by atoms with Crippen LogP contribution in [0.4, 0.5) is 4.39 Å². The molecule has 3 saturated heterocycles. The Balaban J connectivity index is 1.73. The molecule has 0 aromatic heterocycles. The second-order valence-corrected chi connectivity index (χ2v) is 6.55. The Morgan fingerprint density at radius 2 is 1.91 bits per heavy atom. The molecule has 0 radical (unpaired) electrons. The largest absolute Gasteiger partial charge is 0.353 e. The van der Waals surface area contributed by atoms with Crippen LogP contribution in [0.15, 0.2) is 24.3 Å². The molecule has 1 aliphatic carbocycles. The predicted molar refractivity (Wildman–Crippen MR) is 76.1 cm³/mol. The lowest BCUT2D eigenvalue weighted by Gasteiger charge is -2.49. The van der Waals surface area contributed by atoms with Gasteiger partial charge in [0.25, 0.3) is 0 Å². The van der Waals surface area contributed by atoms with Crippen molar-refractivity contribution in [2.75, 3.05) is 7.11 Å². The van der Waals surface area contributed by atoms with Gasteiger partial charge in [-0.15, -0.1) is 0 Å². The standard InChI is InChI=1S/C17H21FO4/c1-19-15-16-10-3-2-4-12(16)9-11-17(20-15,22-21-16)13-5-7-14(18)8-6-13/h5-8,12,15H,2-4,9-11H2,1H3/t12-,15-,16-,17+/m1/s1. The van der Waals surface area contributed by atoms with Gasteiger partial charge in [-0.1, -0.05) is 25.0 Å². The van der Waals surface area contributed by atoms with Crippen LogP contribution in [-0.4, -0.2) is 19.0 Å². The van der Waals surface area contributed by atoms with E-state index in [0.29, 0.717) is 12.3 Å². The van der Waals surface area contributed by atoms with E-state index in [4.69, 9.17) is 19.2 Å². The maximum Gasteiger partial charge on any atom is 0.230 e. The first kappa shape index (κ1) is 14.6. The molecule has 4 fully saturated rings. The molecule has 5 rings (SSSR count). The van der Waals surface area contributed by atoms with Crippen LogP contribution in [0.5, 0.6) is 0 Å². The van der Waals surface area contributed by atoms with Crippen molar-refractivity contribution in [3.63, 3.8) is 0 Å². The number of ether oxygens (including phenoxy) is 2. The molecule has 1 aromatic rings. The summed E-state index contributed by atoms with van der Waals surface area (Å²) in [5, 5.41) is 0. The van der Waals surface area contributed by atoms with Crippen LogP contribution in [0.2, 0.25) is 0 Å². The highest BCUT2D eigenvalue weighted by atomic mass is 19.1. The third kappa shape index (κ3) is 2.03. The summed E-state index contributed by atoms with van der Waals surface area (Å²) in [6, 6.07) is 6.22. The fourth-order valence-electron chi connectivity index (χ4n) is 4.20. The van der Waals surface area contributed by atoms with Crippen molar-refractivity contribution in [3.8, 4) is 0 Å². The zero-order valence-electron chi connectivity index (χ0n) is 12.7. The smallest absolute Gasteiger partial charge is 0.230 e. The van der Waals surface area contributed by atoms with Gasteiger partial charge in [0.2, 0.25) is 5.79 Å². The van der Waals surface area contributed by atoms with Crippen molar-refractivity contribution in [3.05, 3.63) is 35.6 Å². The molecule has 0 amide bonds. The average Bonchev–Trinajstić information content (AvgIpc) is 2.81. The summed E-state index contributed by atoms with van der Waals surface area (Å²) < 4.78 is 25.1. The third-order valence-electron chi connectivity index (χ3n) is 5.41. The van der Waals surface area contributed by atoms with Crippen LogP contribution >= 0.6 is 0 Å². The molecule has 0 unspecified atom stereocenters. The molecule has 3 aliphatic heterocycles. The van der Waals surface area contributed by atoms with E-state index < -0.39 is 17.7 Å². The Kier molecular flexibility index (Phi) is 3.49. The number of halogens is 1. The topological polar surface area (TPSA) is 36.9 Å². The van der Waals surface area contributed by atoms with E-state index in [-0.39, 0.29) is 5.82 Å². The average molecular weight is 308 g/mol. The molecule has 0 N–H and O–H groups in total. The van der Waals surface area contributed by atoms with Gasteiger partial charge < -0.3 is 9.47 Å². The monoisotopic (exact) mass is 308 g/mol. The minimum absolute atomic E-state index is 0.279. The Morgan fingerprint density at radius 3 is 2.68 bits per heavy atom. The summed E-state index contributed by atoms with van der Waals surface area (Å²) in [6.07, 6.45) is 5.46. The van der Waals surface area contributed by atoms with E-state index in [1.807, 2.05) is 0 Å². The van der Waals surface area contributed by atoms with Gasteiger partial charge in [-0.25, -0.2) is 9.28 Å². The number of hydrogen-bond acceptors (Lipinski definition) is 4. The lowest BCUT2D eigenvalue weighted by molar-refractivity contribution is -0.558. The zero-order valence-corrected chi connectivity index (χ0v) is 12.7. The summed E-state index contributed by atoms with van der Waals surface area (Å²) in [5.41, 5.74) is 0.261. The Labute approximate surface area is 129 Å². The van der Waals surface area contributed by atoms with Gasteiger partial charge in [-0.3, -0.25) is 0 Å². The molecule has 5 heteroatoms. The van der Waals surface area contributed by atoms with E-state index in [1.54, 1.807) is 19.2 Å². The minimum atomic E-state index is -1.00. The van der Waals surface area contributed by atoms with E-state index >= 15 is 0 Å². The van der Waals surface area contributed by atoms with Crippen molar-refractivity contribution >= 4 is 0 Å². The molecule has 3 heterocycles. The van der Waals surface area contributed by atoms with Gasteiger partial charge in [0, 0.05) is 19.1 Å². The van der Waals surface area contributed by atoms with Crippen molar-refractivity contribution < 1.29 is 23.6 Å². The number of methoxy groups -OCH3 is 1. The molecule has 2 bridgehead atoms. The summed E-state index contributed by atoms with van der Waals surface area (Å²) in [7, 11) is 1.65. The fourth-order valence-corrected chi connectivity index (χ4v) is 4.20. The predicted octanol–water partition coefficient (Wildman–Crippen LogP) is 3.65. The summed E-state index contributed by atoms with van der Waals surface area (Å²) >= 11 is 0. The van der Waals surface area contributed by atoms with E-state index in [2.05, 4.69) is 0 Å². The first-order valence-corrected chi connectivity index (χ1v) is 8.02. The van der Waals surface area contributed by atoms with Crippen LogP contribution < -0.4 is 0 Å². The molecule has 22 heavy (non-hydrogen) atoms. The highest BCUT2D eigenvalue weighted by Gasteiger charge is 2.61. The van der Waals surface area contributed by atoms with Gasteiger partial charge >= 0.3 is 0 Å². The van der Waals surface area contributed by atoms with Crippen LogP contribution in [0.25, 0.3) is 0 Å². The first-order chi connectivity index (χ1) is 10.7. The maximum absolute atomic E-state index is 13.2. The fraction of sp³-hybridized carbons (Fsp3) is 0.647. The number of rotatable bonds is 2. The van der Waals surface area contributed by atoms with Gasteiger partial charge in [-0.05, 0) is 37.3 Å². The minimum Gasteiger partial charge on any atom is -0.353 e. The number of fused-ring (bicyclic) bond motifs is 3. The highest BCUT2D eigenvalue weighted by molar-refractivity contribution is 5.22. The zero-order chi connectivity index (χ0) is 15.2. The van der Waals surface area contributed by atoms with Crippen LogP contribution in [-0.2, 0) is 25.0 Å². The molecule has 4 nitrogen and oxygen atoms in total. The Morgan fingerprint density at radius 1 is 1.09 bits per heavy atom. The molecular weight excluding hydrogens is 287 g/mol. The van der Waals surface area contributed by atoms with E-state index in [1.165, 1.54) is 18.6 Å². The van der Waals surface area contributed by atoms with Crippen LogP contribution in [0.3, 0.4) is 0 Å². The lowest BCUT2D eigenvalue weighted by Crippen LogP contribution is -2.59. The van der Waals surface area contributed by atoms with Crippen molar-refractivity contribution in [1.82, 2.24) is 0 Å². The Bertz CT molecular complexity index is 544. The molecule has 4 aliphatic rings. The SMILES string of the molecule is CO[C@@H]1O[C@@]2(c3ccc(F)cc3)CC[C@H]3CCCC[C@@]31OO2. The number of hydrogen-bond donors (Lipinski definition) is 0. The van der Waals surface area contributed by atoms with Crippen molar-refractivity contribution in [2.24, 2.45) is 5.92 Å². The van der Waals surface area contributed by atoms with Crippen LogP contribution in [0.1, 0.15) is 44.1 Å². The molecule has 1 spiro atoms. The van der Waals surface area contributed by atoms with Gasteiger partial charge in [0.05, 0.1) is 0 Å². The molecule has 4 atom stereocenters. The third-order valence-corrected chi connectivity index (χ3v) is 5.41. The van der Waals surface area contributed by atoms with Gasteiger partial charge in [0.1, 0.15) is 5.82 Å². The molecule has 1 saturated carbocycles. The first-order valence-electron chi connectivity index (χ1n) is 8.02. The second-order valence-electron chi connectivity index (χ2n) is 6.55. The van der Waals surface area contributed by atoms with E-state index in [9.17, 15) is 4.39 Å². The lowest BCUT2D eigenvalue weighted by atomic mass is 9.73. The normalized spacial score (nSPS) is 41.0. The second kappa shape index (κ2) is 5.27. The summed E-state index contributed by atoms with van der Waals surface area (Å²) in [5.74, 6) is -0.910.